The van der Waals surface area contributed by atoms with Crippen LogP contribution in [0.5, 0.6) is 5.75 Å². The molecule has 10 nitrogen and oxygen atoms in total. The maximum Gasteiger partial charge on any atom is 0.340 e. The van der Waals surface area contributed by atoms with Gasteiger partial charge in [0.05, 0.1) is 23.1 Å². The number of pyridine rings is 1. The topological polar surface area (TPSA) is 144 Å². The highest BCUT2D eigenvalue weighted by Crippen LogP contribution is 2.34. The molecule has 0 bridgehead atoms. The van der Waals surface area contributed by atoms with E-state index in [1.165, 1.54) is 49.0 Å². The Morgan fingerprint density at radius 3 is 2.31 bits per heavy atom. The number of nitrogens with zero attached hydrogens (tertiary/aromatic N) is 1. The first-order chi connectivity index (χ1) is 17.0. The largest absolute Gasteiger partial charge is 0.497 e. The van der Waals surface area contributed by atoms with Crippen LogP contribution in [0.2, 0.25) is 0 Å². The molecule has 0 spiro atoms. The zero-order valence-electron chi connectivity index (χ0n) is 20.2. The normalized spacial score (nSPS) is 11.5. The molecule has 1 aromatic heterocycles. The van der Waals surface area contributed by atoms with Crippen molar-refractivity contribution in [2.45, 2.75) is 42.7 Å². The highest BCUT2D eigenvalue weighted by molar-refractivity contribution is 7.91. The van der Waals surface area contributed by atoms with Gasteiger partial charge in [-0.25, -0.2) is 18.7 Å². The molecular formula is C25H27N3O7S. The van der Waals surface area contributed by atoms with E-state index >= 15 is 0 Å². The monoisotopic (exact) mass is 513 g/mol. The van der Waals surface area contributed by atoms with Gasteiger partial charge in [0.15, 0.2) is 0 Å². The summed E-state index contributed by atoms with van der Waals surface area (Å²) in [7, 11) is -3.03. The minimum absolute atomic E-state index is 0.0739. The Bertz CT molecular complexity index is 1350. The number of hydroxylamine groups is 1. The van der Waals surface area contributed by atoms with Gasteiger partial charge in [-0.3, -0.25) is 15.0 Å². The lowest BCUT2D eigenvalue weighted by molar-refractivity contribution is 0.00650. The number of benzene rings is 2. The summed E-state index contributed by atoms with van der Waals surface area (Å²) < 4.78 is 38.2. The number of anilines is 1. The third-order valence-electron chi connectivity index (χ3n) is 4.95. The number of nitrogens with one attached hydrogen (secondary N) is 2. The first-order valence-corrected chi connectivity index (χ1v) is 12.3. The Morgan fingerprint density at radius 2 is 1.75 bits per heavy atom. The number of sulfone groups is 1. The average Bonchev–Trinajstić information content (AvgIpc) is 2.86. The standard InChI is InChI=1S/C25H27N3O7S/c1-25(2,3)35-24(30)19-11-12-20(27-15-16-6-5-13-26-14-16)21(23(29)28-31)22(19)36(32,33)18-9-7-17(34-4)8-10-18/h5-14,27,31H,15H2,1-4H3,(H,28,29). The zero-order chi connectivity index (χ0) is 26.5. The van der Waals surface area contributed by atoms with Crippen molar-refractivity contribution in [3.05, 3.63) is 77.6 Å². The van der Waals surface area contributed by atoms with Crippen molar-refractivity contribution in [3.8, 4) is 5.75 Å². The number of ether oxygens (including phenoxy) is 2. The third-order valence-corrected chi connectivity index (χ3v) is 6.80. The SMILES string of the molecule is COc1ccc(S(=O)(=O)c2c(C(=O)OC(C)(C)C)ccc(NCc3cccnc3)c2C(=O)NO)cc1. The van der Waals surface area contributed by atoms with Crippen molar-refractivity contribution in [2.75, 3.05) is 12.4 Å². The molecule has 0 aliphatic carbocycles. The van der Waals surface area contributed by atoms with Crippen LogP contribution in [0, 0.1) is 0 Å². The lowest BCUT2D eigenvalue weighted by Crippen LogP contribution is -2.28. The van der Waals surface area contributed by atoms with Crippen LogP contribution in [0.1, 0.15) is 47.1 Å². The van der Waals surface area contributed by atoms with Crippen LogP contribution in [0.3, 0.4) is 0 Å². The van der Waals surface area contributed by atoms with Gasteiger partial charge >= 0.3 is 5.97 Å². The van der Waals surface area contributed by atoms with Crippen molar-refractivity contribution in [1.82, 2.24) is 10.5 Å². The minimum Gasteiger partial charge on any atom is -0.497 e. The smallest absolute Gasteiger partial charge is 0.340 e. The van der Waals surface area contributed by atoms with Gasteiger partial charge in [-0.15, -0.1) is 0 Å². The van der Waals surface area contributed by atoms with Crippen LogP contribution in [-0.4, -0.2) is 43.2 Å². The van der Waals surface area contributed by atoms with E-state index in [9.17, 15) is 23.2 Å². The van der Waals surface area contributed by atoms with E-state index in [1.807, 2.05) is 0 Å². The fraction of sp³-hybridized carbons (Fsp3) is 0.240. The van der Waals surface area contributed by atoms with Crippen LogP contribution in [0.4, 0.5) is 5.69 Å². The Labute approximate surface area is 209 Å². The molecule has 1 amide bonds. The Balaban J connectivity index is 2.25. The summed E-state index contributed by atoms with van der Waals surface area (Å²) in [5.41, 5.74) is 0.581. The number of aromatic nitrogens is 1. The summed E-state index contributed by atoms with van der Waals surface area (Å²) in [4.78, 5) is 29.2. The maximum atomic E-state index is 13.8. The maximum absolute atomic E-state index is 13.8. The Hall–Kier alpha value is -3.96. The summed E-state index contributed by atoms with van der Waals surface area (Å²) in [6, 6.07) is 11.6. The van der Waals surface area contributed by atoms with Crippen LogP contribution in [-0.2, 0) is 21.1 Å². The zero-order valence-corrected chi connectivity index (χ0v) is 21.0. The second-order valence-corrected chi connectivity index (χ2v) is 10.6. The molecule has 11 heteroatoms. The van der Waals surface area contributed by atoms with Gasteiger partial charge in [-0.05, 0) is 68.8 Å². The van der Waals surface area contributed by atoms with E-state index < -0.39 is 37.8 Å². The fourth-order valence-electron chi connectivity index (χ4n) is 3.36. The summed E-state index contributed by atoms with van der Waals surface area (Å²) in [6.07, 6.45) is 3.20. The molecule has 0 unspecified atom stereocenters. The number of carbonyl (C=O) groups is 2. The van der Waals surface area contributed by atoms with Crippen molar-refractivity contribution < 1.29 is 32.7 Å². The average molecular weight is 514 g/mol. The molecular weight excluding hydrogens is 486 g/mol. The van der Waals surface area contributed by atoms with E-state index in [1.54, 1.807) is 45.3 Å². The number of amides is 1. The van der Waals surface area contributed by atoms with E-state index in [-0.39, 0.29) is 22.7 Å². The molecule has 1 heterocycles. The molecule has 2 aromatic carbocycles. The highest BCUT2D eigenvalue weighted by atomic mass is 32.2. The van der Waals surface area contributed by atoms with Gasteiger partial charge in [0.25, 0.3) is 5.91 Å². The highest BCUT2D eigenvalue weighted by Gasteiger charge is 2.34. The molecule has 0 saturated heterocycles. The number of hydrogen-bond acceptors (Lipinski definition) is 9. The Morgan fingerprint density at radius 1 is 1.06 bits per heavy atom. The predicted molar refractivity (Wildman–Crippen MR) is 131 cm³/mol. The number of rotatable bonds is 8. The molecule has 0 aliphatic heterocycles. The number of esters is 1. The Kier molecular flexibility index (Phi) is 7.96. The first-order valence-electron chi connectivity index (χ1n) is 10.8. The van der Waals surface area contributed by atoms with Crippen LogP contribution < -0.4 is 15.5 Å². The van der Waals surface area contributed by atoms with Gasteiger partial charge in [-0.1, -0.05) is 6.07 Å². The summed E-state index contributed by atoms with van der Waals surface area (Å²) in [5, 5.41) is 12.5. The molecule has 0 fully saturated rings. The van der Waals surface area contributed by atoms with Gasteiger partial charge in [0.2, 0.25) is 9.84 Å². The lowest BCUT2D eigenvalue weighted by atomic mass is 10.1. The third kappa shape index (κ3) is 5.99. The van der Waals surface area contributed by atoms with Gasteiger partial charge in [0.1, 0.15) is 16.2 Å². The van der Waals surface area contributed by atoms with Gasteiger partial charge < -0.3 is 14.8 Å². The summed E-state index contributed by atoms with van der Waals surface area (Å²) in [6.45, 7) is 5.09. The number of carbonyl (C=O) groups excluding carboxylic acids is 2. The van der Waals surface area contributed by atoms with Crippen molar-refractivity contribution in [2.24, 2.45) is 0 Å². The first kappa shape index (κ1) is 26.6. The summed E-state index contributed by atoms with van der Waals surface area (Å²) >= 11 is 0. The molecule has 36 heavy (non-hydrogen) atoms. The molecule has 3 aromatic rings. The molecule has 0 atom stereocenters. The molecule has 0 saturated carbocycles. The molecule has 3 rings (SSSR count). The number of hydrogen-bond donors (Lipinski definition) is 3. The molecule has 0 radical (unpaired) electrons. The van der Waals surface area contributed by atoms with Crippen molar-refractivity contribution in [1.29, 1.82) is 0 Å². The van der Waals surface area contributed by atoms with Gasteiger partial charge in [-0.2, -0.15) is 0 Å². The van der Waals surface area contributed by atoms with E-state index in [4.69, 9.17) is 9.47 Å². The van der Waals surface area contributed by atoms with Crippen LogP contribution in [0.15, 0.2) is 70.7 Å². The van der Waals surface area contributed by atoms with E-state index in [2.05, 4.69) is 10.3 Å². The summed E-state index contributed by atoms with van der Waals surface area (Å²) in [5.74, 6) is -1.65. The van der Waals surface area contributed by atoms with E-state index in [0.29, 0.717) is 5.75 Å². The molecule has 190 valence electrons. The molecule has 0 aliphatic rings. The second kappa shape index (κ2) is 10.8. The number of methoxy groups -OCH3 is 1. The van der Waals surface area contributed by atoms with Gasteiger partial charge in [0, 0.05) is 24.6 Å². The fourth-order valence-corrected chi connectivity index (χ4v) is 5.00. The van der Waals surface area contributed by atoms with Crippen LogP contribution in [0.25, 0.3) is 0 Å². The lowest BCUT2D eigenvalue weighted by Gasteiger charge is -2.22. The van der Waals surface area contributed by atoms with E-state index in [0.717, 1.165) is 5.56 Å². The van der Waals surface area contributed by atoms with Crippen LogP contribution >= 0.6 is 0 Å². The quantitative estimate of drug-likeness (QED) is 0.234. The second-order valence-electron chi connectivity index (χ2n) is 8.70. The van der Waals surface area contributed by atoms with Crippen molar-refractivity contribution in [3.63, 3.8) is 0 Å². The predicted octanol–water partition coefficient (Wildman–Crippen LogP) is 3.61. The molecule has 3 N–H and O–H groups in total. The van der Waals surface area contributed by atoms with Crippen molar-refractivity contribution >= 4 is 27.4 Å². The minimum atomic E-state index is -4.47.